The fourth-order valence-electron chi connectivity index (χ4n) is 6.93. The number of aryl methyl sites for hydroxylation is 3. The fraction of sp³-hybridized carbons (Fsp3) is 0.600. The van der Waals surface area contributed by atoms with E-state index in [1.54, 1.807) is 17.3 Å². The first-order valence-corrected chi connectivity index (χ1v) is 15.8. The molecule has 1 aliphatic heterocycles. The molecule has 2 aromatic rings. The summed E-state index contributed by atoms with van der Waals surface area (Å²) in [6, 6.07) is 9.88. The van der Waals surface area contributed by atoms with Crippen LogP contribution < -0.4 is 5.73 Å². The van der Waals surface area contributed by atoms with Gasteiger partial charge in [-0.25, -0.2) is 0 Å². The van der Waals surface area contributed by atoms with Gasteiger partial charge in [0, 0.05) is 25.0 Å². The third-order valence-corrected chi connectivity index (χ3v) is 9.55. The lowest BCUT2D eigenvalue weighted by Gasteiger charge is -2.38. The molecule has 1 aromatic carbocycles. The largest absolute Gasteiger partial charge is 0.404 e. The van der Waals surface area contributed by atoms with Crippen LogP contribution in [0.2, 0.25) is 0 Å². The topological polar surface area (TPSA) is 56.2 Å². The van der Waals surface area contributed by atoms with E-state index in [1.807, 2.05) is 0 Å². The van der Waals surface area contributed by atoms with E-state index < -0.39 is 0 Å². The second kappa shape index (κ2) is 14.1. The van der Waals surface area contributed by atoms with Crippen LogP contribution in [0.5, 0.6) is 0 Å². The van der Waals surface area contributed by atoms with Crippen molar-refractivity contribution in [3.05, 3.63) is 76.3 Å². The van der Waals surface area contributed by atoms with Gasteiger partial charge in [-0.3, -0.25) is 9.67 Å². The number of aromatic nitrogens is 2. The van der Waals surface area contributed by atoms with Crippen LogP contribution in [-0.2, 0) is 31.7 Å². The van der Waals surface area contributed by atoms with Crippen LogP contribution in [0.4, 0.5) is 0 Å². The molecule has 1 unspecified atom stereocenters. The molecule has 4 rings (SSSR count). The van der Waals surface area contributed by atoms with E-state index in [0.717, 1.165) is 57.9 Å². The Hall–Kier alpha value is -2.62. The predicted octanol–water partition coefficient (Wildman–Crippen LogP) is 8.29. The summed E-state index contributed by atoms with van der Waals surface area (Å²) in [7, 11) is 2.11. The normalized spacial score (nSPS) is 19.5. The number of rotatable bonds is 11. The molecule has 1 fully saturated rings. The molecule has 212 valence electrons. The van der Waals surface area contributed by atoms with E-state index in [-0.39, 0.29) is 0 Å². The highest BCUT2D eigenvalue weighted by Gasteiger charge is 2.33. The van der Waals surface area contributed by atoms with Gasteiger partial charge < -0.3 is 5.73 Å². The number of allylic oxidation sites excluding steroid dienone is 3. The van der Waals surface area contributed by atoms with Crippen LogP contribution in [0.15, 0.2) is 53.2 Å². The van der Waals surface area contributed by atoms with Crippen LogP contribution in [0.3, 0.4) is 0 Å². The lowest BCUT2D eigenvalue weighted by molar-refractivity contribution is 0.283. The Bertz CT molecular complexity index is 1160. The number of aliphatic imine (C=N–C) groups is 1. The van der Waals surface area contributed by atoms with Crippen LogP contribution in [0.25, 0.3) is 0 Å². The first kappa shape index (κ1) is 29.4. The Labute approximate surface area is 237 Å². The monoisotopic (exact) mass is 528 g/mol. The average Bonchev–Trinajstić information content (AvgIpc) is 3.31. The maximum Gasteiger partial charge on any atom is 0.0633 e. The molecule has 0 radical (unpaired) electrons. The van der Waals surface area contributed by atoms with Gasteiger partial charge in [0.25, 0.3) is 0 Å². The van der Waals surface area contributed by atoms with Crippen molar-refractivity contribution in [2.24, 2.45) is 17.8 Å². The minimum absolute atomic E-state index is 0.383. The molecule has 0 amide bonds. The molecule has 2 aliphatic rings. The molecule has 1 saturated carbocycles. The van der Waals surface area contributed by atoms with Crippen LogP contribution in [0.1, 0.15) is 125 Å². The molecule has 39 heavy (non-hydrogen) atoms. The average molecular weight is 529 g/mol. The van der Waals surface area contributed by atoms with Crippen LogP contribution >= 0.6 is 0 Å². The molecule has 4 heteroatoms. The first-order valence-electron chi connectivity index (χ1n) is 15.8. The van der Waals surface area contributed by atoms with Gasteiger partial charge in [-0.2, -0.15) is 5.10 Å². The summed E-state index contributed by atoms with van der Waals surface area (Å²) in [5.74, 6) is 0.513. The van der Waals surface area contributed by atoms with Crippen molar-refractivity contribution >= 4 is 5.71 Å². The van der Waals surface area contributed by atoms with Gasteiger partial charge in [0.1, 0.15) is 0 Å². The van der Waals surface area contributed by atoms with Crippen molar-refractivity contribution in [1.29, 1.82) is 0 Å². The standard InChI is InChI=1S/C35H52N4/c1-5-28-17-18-30(35(7-3)20-9-8-10-21-35)24-34(28)29(6-2)23-32-25-33(39(4)38-32)15-11-14-31-19-16-27(26-36)13-12-22-37-31/h16-19,24-26,29H,5-15,20-23,36H2,1-4H3/b19-16?,27-26+,37-31?. The van der Waals surface area contributed by atoms with Crippen molar-refractivity contribution in [1.82, 2.24) is 9.78 Å². The van der Waals surface area contributed by atoms with Gasteiger partial charge in [-0.05, 0) is 123 Å². The zero-order valence-corrected chi connectivity index (χ0v) is 25.1. The molecule has 1 aliphatic carbocycles. The quantitative estimate of drug-likeness (QED) is 0.319. The van der Waals surface area contributed by atoms with Gasteiger partial charge in [0.2, 0.25) is 0 Å². The summed E-state index contributed by atoms with van der Waals surface area (Å²) in [4.78, 5) is 4.80. The smallest absolute Gasteiger partial charge is 0.0633 e. The van der Waals surface area contributed by atoms with Gasteiger partial charge in [-0.1, -0.05) is 64.3 Å². The molecule has 1 atom stereocenters. The second-order valence-corrected chi connectivity index (χ2v) is 11.9. The molecular formula is C35H52N4. The summed E-state index contributed by atoms with van der Waals surface area (Å²) in [5, 5.41) is 4.99. The first-order chi connectivity index (χ1) is 19.0. The van der Waals surface area contributed by atoms with Gasteiger partial charge in [0.05, 0.1) is 5.69 Å². The SMILES string of the molecule is CCc1ccc(C2(CC)CCCCC2)cc1C(CC)Cc1cc(CCCC2=NCCC/C(=C\N)C=C2)n(C)n1. The number of hydrogen-bond acceptors (Lipinski definition) is 3. The lowest BCUT2D eigenvalue weighted by atomic mass is 9.67. The predicted molar refractivity (Wildman–Crippen MR) is 167 cm³/mol. The Morgan fingerprint density at radius 3 is 2.56 bits per heavy atom. The summed E-state index contributed by atoms with van der Waals surface area (Å²) < 4.78 is 2.11. The van der Waals surface area contributed by atoms with Crippen molar-refractivity contribution in [2.45, 2.75) is 122 Å². The third-order valence-electron chi connectivity index (χ3n) is 9.55. The van der Waals surface area contributed by atoms with Crippen molar-refractivity contribution in [3.63, 3.8) is 0 Å². The Morgan fingerprint density at radius 2 is 1.85 bits per heavy atom. The lowest BCUT2D eigenvalue weighted by Crippen LogP contribution is -2.28. The van der Waals surface area contributed by atoms with Crippen molar-refractivity contribution in [2.75, 3.05) is 6.54 Å². The minimum Gasteiger partial charge on any atom is -0.404 e. The molecule has 1 aromatic heterocycles. The summed E-state index contributed by atoms with van der Waals surface area (Å²) >= 11 is 0. The van der Waals surface area contributed by atoms with E-state index in [1.165, 1.54) is 66.8 Å². The number of nitrogens with zero attached hydrogens (tertiary/aromatic N) is 3. The zero-order chi connectivity index (χ0) is 27.7. The minimum atomic E-state index is 0.383. The highest BCUT2D eigenvalue weighted by molar-refractivity contribution is 5.95. The Kier molecular flexibility index (Phi) is 10.6. The molecule has 4 nitrogen and oxygen atoms in total. The van der Waals surface area contributed by atoms with E-state index in [4.69, 9.17) is 15.8 Å². The molecule has 0 spiro atoms. The van der Waals surface area contributed by atoms with E-state index in [9.17, 15) is 0 Å². The third kappa shape index (κ3) is 7.32. The highest BCUT2D eigenvalue weighted by Crippen LogP contribution is 2.43. The molecule has 2 N–H and O–H groups in total. The number of benzene rings is 1. The second-order valence-electron chi connectivity index (χ2n) is 11.9. The number of hydrogen-bond donors (Lipinski definition) is 1. The molecule has 0 bridgehead atoms. The fourth-order valence-corrected chi connectivity index (χ4v) is 6.93. The van der Waals surface area contributed by atoms with Crippen molar-refractivity contribution in [3.8, 4) is 0 Å². The molecule has 0 saturated heterocycles. The molecular weight excluding hydrogens is 476 g/mol. The maximum atomic E-state index is 5.75. The summed E-state index contributed by atoms with van der Waals surface area (Å²) in [6.07, 6.45) is 22.6. The van der Waals surface area contributed by atoms with Gasteiger partial charge in [-0.15, -0.1) is 0 Å². The number of nitrogens with two attached hydrogens (primary N) is 1. The van der Waals surface area contributed by atoms with Gasteiger partial charge in [0.15, 0.2) is 0 Å². The zero-order valence-electron chi connectivity index (χ0n) is 25.1. The maximum absolute atomic E-state index is 5.75. The van der Waals surface area contributed by atoms with Crippen molar-refractivity contribution < 1.29 is 0 Å². The molecule has 2 heterocycles. The van der Waals surface area contributed by atoms with E-state index in [2.05, 4.69) is 68.9 Å². The summed E-state index contributed by atoms with van der Waals surface area (Å²) in [6.45, 7) is 7.96. The van der Waals surface area contributed by atoms with E-state index >= 15 is 0 Å². The van der Waals surface area contributed by atoms with Gasteiger partial charge >= 0.3 is 0 Å². The van der Waals surface area contributed by atoms with Crippen LogP contribution in [0, 0.1) is 0 Å². The highest BCUT2D eigenvalue weighted by atomic mass is 15.3. The Balaban J connectivity index is 1.45. The van der Waals surface area contributed by atoms with Crippen LogP contribution in [-0.4, -0.2) is 22.0 Å². The summed E-state index contributed by atoms with van der Waals surface area (Å²) in [5.41, 5.74) is 15.8. The Morgan fingerprint density at radius 1 is 1.03 bits per heavy atom. The van der Waals surface area contributed by atoms with E-state index in [0.29, 0.717) is 11.3 Å².